The van der Waals surface area contributed by atoms with Gasteiger partial charge in [-0.2, -0.15) is 0 Å². The van der Waals surface area contributed by atoms with E-state index in [0.717, 1.165) is 0 Å². The van der Waals surface area contributed by atoms with Crippen LogP contribution in [0.1, 0.15) is 0 Å². The van der Waals surface area contributed by atoms with Gasteiger partial charge in [-0.3, -0.25) is 0 Å². The molecule has 0 spiro atoms. The summed E-state index contributed by atoms with van der Waals surface area (Å²) in [6, 6.07) is 0. The standard InChI is InChI=1S/C7H14O3Si/c1-5-7(6-2)10-11(8-3)9-4/h5-7,11H,1-2H2,3-4H3. The molecule has 0 saturated carbocycles. The molecule has 0 unspecified atom stereocenters. The van der Waals surface area contributed by atoms with Crippen molar-refractivity contribution in [3.05, 3.63) is 25.3 Å². The van der Waals surface area contributed by atoms with Crippen LogP contribution in [-0.2, 0) is 13.3 Å². The number of rotatable bonds is 6. The van der Waals surface area contributed by atoms with Crippen LogP contribution < -0.4 is 0 Å². The maximum Gasteiger partial charge on any atom is 0.484 e. The average molecular weight is 174 g/mol. The van der Waals surface area contributed by atoms with Crippen molar-refractivity contribution < 1.29 is 13.3 Å². The molecule has 0 bridgehead atoms. The van der Waals surface area contributed by atoms with Gasteiger partial charge in [-0.25, -0.2) is 0 Å². The van der Waals surface area contributed by atoms with Crippen LogP contribution in [0.5, 0.6) is 0 Å². The van der Waals surface area contributed by atoms with Gasteiger partial charge < -0.3 is 13.3 Å². The molecule has 0 radical (unpaired) electrons. The Hall–Kier alpha value is -0.423. The SMILES string of the molecule is C=CC(C=C)O[SiH](OC)OC. The van der Waals surface area contributed by atoms with Gasteiger partial charge in [0.2, 0.25) is 0 Å². The highest BCUT2D eigenvalue weighted by molar-refractivity contribution is 6.36. The van der Waals surface area contributed by atoms with E-state index in [2.05, 4.69) is 13.2 Å². The molecular weight excluding hydrogens is 160 g/mol. The van der Waals surface area contributed by atoms with E-state index in [1.54, 1.807) is 26.4 Å². The zero-order valence-electron chi connectivity index (χ0n) is 6.95. The maximum atomic E-state index is 5.31. The van der Waals surface area contributed by atoms with Crippen molar-refractivity contribution in [3.63, 3.8) is 0 Å². The van der Waals surface area contributed by atoms with Gasteiger partial charge in [-0.1, -0.05) is 12.2 Å². The predicted octanol–water partition coefficient (Wildman–Crippen LogP) is 0.754. The van der Waals surface area contributed by atoms with Crippen LogP contribution in [-0.4, -0.2) is 29.9 Å². The Kier molecular flexibility index (Phi) is 6.06. The fraction of sp³-hybridized carbons (Fsp3) is 0.429. The topological polar surface area (TPSA) is 27.7 Å². The van der Waals surface area contributed by atoms with Crippen molar-refractivity contribution in [3.8, 4) is 0 Å². The lowest BCUT2D eigenvalue weighted by Gasteiger charge is -2.15. The first-order valence-corrected chi connectivity index (χ1v) is 4.66. The van der Waals surface area contributed by atoms with Crippen molar-refractivity contribution in [2.45, 2.75) is 6.10 Å². The van der Waals surface area contributed by atoms with Gasteiger partial charge in [0.05, 0.1) is 6.10 Å². The largest absolute Gasteiger partial charge is 0.484 e. The minimum atomic E-state index is -1.93. The Morgan fingerprint density at radius 2 is 1.64 bits per heavy atom. The molecule has 4 heteroatoms. The molecule has 0 amide bonds. The normalized spacial score (nSPS) is 10.5. The molecule has 3 nitrogen and oxygen atoms in total. The Morgan fingerprint density at radius 3 is 1.91 bits per heavy atom. The smallest absolute Gasteiger partial charge is 0.379 e. The van der Waals surface area contributed by atoms with Gasteiger partial charge in [0, 0.05) is 14.2 Å². The zero-order chi connectivity index (χ0) is 8.69. The van der Waals surface area contributed by atoms with Crippen LogP contribution >= 0.6 is 0 Å². The number of hydrogen-bond acceptors (Lipinski definition) is 3. The highest BCUT2D eigenvalue weighted by Gasteiger charge is 2.13. The summed E-state index contributed by atoms with van der Waals surface area (Å²) in [5, 5.41) is 0. The van der Waals surface area contributed by atoms with Gasteiger partial charge >= 0.3 is 9.53 Å². The molecule has 0 rings (SSSR count). The van der Waals surface area contributed by atoms with E-state index in [1.165, 1.54) is 0 Å². The summed E-state index contributed by atoms with van der Waals surface area (Å²) in [6.45, 7) is 7.14. The van der Waals surface area contributed by atoms with E-state index in [4.69, 9.17) is 13.3 Å². The van der Waals surface area contributed by atoms with Crippen LogP contribution in [0.15, 0.2) is 25.3 Å². The summed E-state index contributed by atoms with van der Waals surface area (Å²) < 4.78 is 15.2. The molecule has 0 atom stereocenters. The van der Waals surface area contributed by atoms with Gasteiger partial charge in [0.15, 0.2) is 0 Å². The monoisotopic (exact) mass is 174 g/mol. The van der Waals surface area contributed by atoms with Crippen molar-refractivity contribution in [2.24, 2.45) is 0 Å². The summed E-state index contributed by atoms with van der Waals surface area (Å²) in [6.07, 6.45) is 3.11. The Labute approximate surface area is 69.2 Å². The molecule has 0 aromatic heterocycles. The second kappa shape index (κ2) is 6.30. The highest BCUT2D eigenvalue weighted by atomic mass is 28.3. The van der Waals surface area contributed by atoms with E-state index in [0.29, 0.717) is 0 Å². The predicted molar refractivity (Wildman–Crippen MR) is 46.4 cm³/mol. The van der Waals surface area contributed by atoms with Gasteiger partial charge in [-0.15, -0.1) is 13.2 Å². The molecule has 64 valence electrons. The first-order valence-electron chi connectivity index (χ1n) is 3.24. The maximum absolute atomic E-state index is 5.31. The van der Waals surface area contributed by atoms with E-state index >= 15 is 0 Å². The minimum absolute atomic E-state index is 0.174. The molecule has 0 aliphatic heterocycles. The molecule has 0 aromatic carbocycles. The fourth-order valence-corrected chi connectivity index (χ4v) is 1.44. The van der Waals surface area contributed by atoms with Crippen molar-refractivity contribution in [1.82, 2.24) is 0 Å². The van der Waals surface area contributed by atoms with Crippen LogP contribution in [0.4, 0.5) is 0 Å². The molecule has 0 saturated heterocycles. The highest BCUT2D eigenvalue weighted by Crippen LogP contribution is 1.98. The Balaban J connectivity index is 3.76. The summed E-state index contributed by atoms with van der Waals surface area (Å²) in [5.41, 5.74) is 0. The van der Waals surface area contributed by atoms with E-state index in [1.807, 2.05) is 0 Å². The van der Waals surface area contributed by atoms with Gasteiger partial charge in [-0.05, 0) is 0 Å². The van der Waals surface area contributed by atoms with Crippen molar-refractivity contribution >= 4 is 9.53 Å². The van der Waals surface area contributed by atoms with Crippen molar-refractivity contribution in [2.75, 3.05) is 14.2 Å². The van der Waals surface area contributed by atoms with Crippen LogP contribution in [0.3, 0.4) is 0 Å². The Bertz CT molecular complexity index is 115. The quantitative estimate of drug-likeness (QED) is 0.439. The molecule has 0 aliphatic rings. The van der Waals surface area contributed by atoms with E-state index in [-0.39, 0.29) is 6.10 Å². The summed E-state index contributed by atoms with van der Waals surface area (Å²) in [5.74, 6) is 0. The van der Waals surface area contributed by atoms with Crippen LogP contribution in [0, 0.1) is 0 Å². The Morgan fingerprint density at radius 1 is 1.18 bits per heavy atom. The third kappa shape index (κ3) is 4.10. The van der Waals surface area contributed by atoms with Crippen molar-refractivity contribution in [1.29, 1.82) is 0 Å². The van der Waals surface area contributed by atoms with Gasteiger partial charge in [0.1, 0.15) is 0 Å². The third-order valence-corrected chi connectivity index (χ3v) is 2.42. The molecule has 0 aliphatic carbocycles. The first-order chi connectivity index (χ1) is 5.28. The lowest BCUT2D eigenvalue weighted by atomic mass is 10.4. The average Bonchev–Trinajstić information content (AvgIpc) is 2.07. The second-order valence-corrected chi connectivity index (χ2v) is 3.62. The molecule has 0 fully saturated rings. The fourth-order valence-electron chi connectivity index (χ4n) is 0.543. The van der Waals surface area contributed by atoms with Crippen LogP contribution in [0.25, 0.3) is 0 Å². The summed E-state index contributed by atoms with van der Waals surface area (Å²) >= 11 is 0. The first kappa shape index (κ1) is 10.6. The molecule has 11 heavy (non-hydrogen) atoms. The lowest BCUT2D eigenvalue weighted by Crippen LogP contribution is -2.28. The summed E-state index contributed by atoms with van der Waals surface area (Å²) in [4.78, 5) is 0. The van der Waals surface area contributed by atoms with Gasteiger partial charge in [0.25, 0.3) is 0 Å². The molecule has 0 N–H and O–H groups in total. The summed E-state index contributed by atoms with van der Waals surface area (Å²) in [7, 11) is 1.19. The molecular formula is C7H14O3Si. The van der Waals surface area contributed by atoms with E-state index in [9.17, 15) is 0 Å². The molecule has 0 aromatic rings. The van der Waals surface area contributed by atoms with E-state index < -0.39 is 9.53 Å². The molecule has 0 heterocycles. The third-order valence-electron chi connectivity index (χ3n) is 1.12. The lowest BCUT2D eigenvalue weighted by molar-refractivity contribution is 0.125. The second-order valence-electron chi connectivity index (χ2n) is 1.83. The van der Waals surface area contributed by atoms with Crippen LogP contribution in [0.2, 0.25) is 0 Å². The zero-order valence-corrected chi connectivity index (χ0v) is 8.10. The number of hydrogen-bond donors (Lipinski definition) is 0. The minimum Gasteiger partial charge on any atom is -0.379 e.